The van der Waals surface area contributed by atoms with E-state index >= 15 is 0 Å². The summed E-state index contributed by atoms with van der Waals surface area (Å²) in [7, 11) is 3.26. The van der Waals surface area contributed by atoms with E-state index in [1.807, 2.05) is 36.4 Å². The van der Waals surface area contributed by atoms with Gasteiger partial charge in [0.2, 0.25) is 5.78 Å². The second-order valence-corrected chi connectivity index (χ2v) is 13.6. The van der Waals surface area contributed by atoms with E-state index in [2.05, 4.69) is 41.2 Å². The minimum atomic E-state index is -0.265. The Morgan fingerprint density at radius 2 is 1.78 bits per heavy atom. The number of hydrogen-bond donors (Lipinski definition) is 1. The second kappa shape index (κ2) is 13.2. The van der Waals surface area contributed by atoms with E-state index in [1.165, 1.54) is 16.7 Å². The van der Waals surface area contributed by atoms with Gasteiger partial charge in [-0.15, -0.1) is 0 Å². The van der Waals surface area contributed by atoms with Gasteiger partial charge >= 0.3 is 0 Å². The van der Waals surface area contributed by atoms with Crippen LogP contribution in [-0.2, 0) is 6.61 Å². The zero-order valence-corrected chi connectivity index (χ0v) is 28.0. The van der Waals surface area contributed by atoms with Gasteiger partial charge in [-0.1, -0.05) is 74.4 Å². The number of rotatable bonds is 11. The van der Waals surface area contributed by atoms with Crippen LogP contribution in [0.3, 0.4) is 0 Å². The van der Waals surface area contributed by atoms with E-state index in [-0.39, 0.29) is 22.9 Å². The van der Waals surface area contributed by atoms with Crippen LogP contribution in [0.25, 0.3) is 0 Å². The van der Waals surface area contributed by atoms with Gasteiger partial charge in [0.15, 0.2) is 0 Å². The minimum Gasteiger partial charge on any atom is -0.507 e. The number of aromatic hydroxyl groups is 1. The lowest BCUT2D eigenvalue weighted by atomic mass is 9.63. The molecule has 0 spiro atoms. The average Bonchev–Trinajstić information content (AvgIpc) is 3.02. The van der Waals surface area contributed by atoms with Crippen molar-refractivity contribution >= 4 is 5.78 Å². The molecule has 0 saturated heterocycles. The molecule has 5 rings (SSSR count). The summed E-state index contributed by atoms with van der Waals surface area (Å²) in [6, 6.07) is 17.0. The third-order valence-corrected chi connectivity index (χ3v) is 10.4. The summed E-state index contributed by atoms with van der Waals surface area (Å²) in [6.07, 6.45) is 5.21. The number of ketones is 1. The number of carbonyl (C=O) groups is 1. The Hall–Kier alpha value is -3.99. The SMILES string of the molecule is C=C(C)[C@@H](C)CCC1CCC(C)(C)C(C[C@H]2c3cc(OC)cc(OCc4ccccc4)c3C(=O)c3c(O)ccc(OC)c32)=C1C. The van der Waals surface area contributed by atoms with Crippen molar-refractivity contribution in [2.75, 3.05) is 14.2 Å². The van der Waals surface area contributed by atoms with Crippen molar-refractivity contribution in [3.8, 4) is 23.0 Å². The Morgan fingerprint density at radius 1 is 1.04 bits per heavy atom. The van der Waals surface area contributed by atoms with Gasteiger partial charge in [0.05, 0.1) is 25.3 Å². The highest BCUT2D eigenvalue weighted by Gasteiger charge is 2.42. The summed E-state index contributed by atoms with van der Waals surface area (Å²) >= 11 is 0. The molecule has 0 amide bonds. The second-order valence-electron chi connectivity index (χ2n) is 13.6. The molecule has 0 saturated carbocycles. The van der Waals surface area contributed by atoms with Crippen LogP contribution < -0.4 is 14.2 Å². The first kappa shape index (κ1) is 32.4. The average molecular weight is 609 g/mol. The molecule has 3 aromatic carbocycles. The molecule has 0 aliphatic heterocycles. The first-order valence-corrected chi connectivity index (χ1v) is 16.2. The molecule has 1 unspecified atom stereocenters. The van der Waals surface area contributed by atoms with Gasteiger partial charge in [-0.3, -0.25) is 4.79 Å². The normalized spacial score (nSPS) is 19.4. The predicted molar refractivity (Wildman–Crippen MR) is 181 cm³/mol. The maximum atomic E-state index is 14.4. The highest BCUT2D eigenvalue weighted by Crippen LogP contribution is 2.54. The molecule has 0 radical (unpaired) electrons. The van der Waals surface area contributed by atoms with Crippen LogP contribution in [-0.4, -0.2) is 25.1 Å². The van der Waals surface area contributed by atoms with Crippen molar-refractivity contribution < 1.29 is 24.1 Å². The van der Waals surface area contributed by atoms with Crippen LogP contribution in [0.5, 0.6) is 23.0 Å². The zero-order valence-electron chi connectivity index (χ0n) is 28.0. The number of fused-ring (bicyclic) bond motifs is 2. The van der Waals surface area contributed by atoms with Crippen LogP contribution in [0, 0.1) is 17.3 Å². The number of methoxy groups -OCH3 is 2. The molecule has 2 aliphatic carbocycles. The quantitative estimate of drug-likeness (QED) is 0.220. The molecule has 5 heteroatoms. The zero-order chi connectivity index (χ0) is 32.5. The number of phenolic OH excluding ortho intramolecular Hbond substituents is 1. The van der Waals surface area contributed by atoms with Crippen LogP contribution >= 0.6 is 0 Å². The number of hydrogen-bond acceptors (Lipinski definition) is 5. The van der Waals surface area contributed by atoms with E-state index in [9.17, 15) is 9.90 Å². The van der Waals surface area contributed by atoms with Gasteiger partial charge < -0.3 is 19.3 Å². The first-order valence-electron chi connectivity index (χ1n) is 16.2. The smallest absolute Gasteiger partial charge is 0.201 e. The van der Waals surface area contributed by atoms with Crippen LogP contribution in [0.15, 0.2) is 77.9 Å². The summed E-state index contributed by atoms with van der Waals surface area (Å²) in [4.78, 5) is 14.4. The molecular weight excluding hydrogens is 560 g/mol. The van der Waals surface area contributed by atoms with Crippen molar-refractivity contribution in [2.24, 2.45) is 17.3 Å². The van der Waals surface area contributed by atoms with Crippen LogP contribution in [0.1, 0.15) is 105 Å². The monoisotopic (exact) mass is 608 g/mol. The van der Waals surface area contributed by atoms with E-state index in [0.29, 0.717) is 53.2 Å². The molecule has 45 heavy (non-hydrogen) atoms. The Morgan fingerprint density at radius 3 is 2.44 bits per heavy atom. The van der Waals surface area contributed by atoms with Gasteiger partial charge in [-0.05, 0) is 92.5 Å². The van der Waals surface area contributed by atoms with Gasteiger partial charge in [-0.25, -0.2) is 0 Å². The molecule has 3 aromatic rings. The standard InChI is InChI=1S/C40H48O5/c1-24(2)25(3)14-15-28-18-19-40(5,6)32(26(28)4)22-31-30-20-29(43-7)21-35(45-23-27-12-10-9-11-13-27)37(30)39(42)38-33(41)16-17-34(44-8)36(31)38/h9-13,16-17,20-21,25,28,31,41H,1,14-15,18-19,22-23H2,2-8H3/t25-,28?,31-/m0/s1. The number of ether oxygens (including phenoxy) is 3. The number of benzene rings is 3. The number of carbonyl (C=O) groups excluding carboxylic acids is 1. The summed E-state index contributed by atoms with van der Waals surface area (Å²) in [6.45, 7) is 15.9. The molecule has 1 N–H and O–H groups in total. The van der Waals surface area contributed by atoms with E-state index in [4.69, 9.17) is 14.2 Å². The lowest BCUT2D eigenvalue weighted by molar-refractivity contribution is 0.102. The van der Waals surface area contributed by atoms with Crippen LogP contribution in [0.2, 0.25) is 0 Å². The Balaban J connectivity index is 1.65. The van der Waals surface area contributed by atoms with Crippen molar-refractivity contribution in [3.63, 3.8) is 0 Å². The van der Waals surface area contributed by atoms with E-state index in [0.717, 1.165) is 42.4 Å². The highest BCUT2D eigenvalue weighted by molar-refractivity contribution is 6.16. The van der Waals surface area contributed by atoms with Gasteiger partial charge in [0.25, 0.3) is 0 Å². The molecule has 3 atom stereocenters. The molecular formula is C40H48O5. The lowest BCUT2D eigenvalue weighted by Gasteiger charge is -2.41. The fraction of sp³-hybridized carbons (Fsp3) is 0.425. The first-order chi connectivity index (χ1) is 21.5. The fourth-order valence-electron chi connectivity index (χ4n) is 7.32. The van der Waals surface area contributed by atoms with Crippen molar-refractivity contribution in [3.05, 3.63) is 106 Å². The van der Waals surface area contributed by atoms with Gasteiger partial charge in [0.1, 0.15) is 29.6 Å². The van der Waals surface area contributed by atoms with Gasteiger partial charge in [0, 0.05) is 17.5 Å². The molecule has 2 aliphatic rings. The van der Waals surface area contributed by atoms with E-state index in [1.54, 1.807) is 32.4 Å². The molecule has 0 bridgehead atoms. The van der Waals surface area contributed by atoms with Crippen LogP contribution in [0.4, 0.5) is 0 Å². The molecule has 0 aromatic heterocycles. The molecule has 238 valence electrons. The molecule has 0 fully saturated rings. The van der Waals surface area contributed by atoms with Crippen molar-refractivity contribution in [1.29, 1.82) is 0 Å². The van der Waals surface area contributed by atoms with Gasteiger partial charge in [-0.2, -0.15) is 0 Å². The third-order valence-electron chi connectivity index (χ3n) is 10.4. The molecule has 0 heterocycles. The number of phenols is 1. The number of allylic oxidation sites excluding steroid dienone is 3. The maximum absolute atomic E-state index is 14.4. The largest absolute Gasteiger partial charge is 0.507 e. The van der Waals surface area contributed by atoms with E-state index < -0.39 is 0 Å². The fourth-order valence-corrected chi connectivity index (χ4v) is 7.32. The van der Waals surface area contributed by atoms with Crippen molar-refractivity contribution in [2.45, 2.75) is 79.2 Å². The van der Waals surface area contributed by atoms with Crippen molar-refractivity contribution in [1.82, 2.24) is 0 Å². The summed E-state index contributed by atoms with van der Waals surface area (Å²) in [5.74, 6) is 2.11. The Labute approximate surface area is 268 Å². The topological polar surface area (TPSA) is 65.0 Å². The predicted octanol–water partition coefficient (Wildman–Crippen LogP) is 9.80. The maximum Gasteiger partial charge on any atom is 0.201 e. The summed E-state index contributed by atoms with van der Waals surface area (Å²) < 4.78 is 18.0. The highest BCUT2D eigenvalue weighted by atomic mass is 16.5. The minimum absolute atomic E-state index is 0.0160. The Kier molecular flexibility index (Phi) is 9.48. The summed E-state index contributed by atoms with van der Waals surface area (Å²) in [5.41, 5.74) is 7.42. The lowest BCUT2D eigenvalue weighted by Crippen LogP contribution is -2.29. The summed E-state index contributed by atoms with van der Waals surface area (Å²) in [5, 5.41) is 11.2. The molecule has 5 nitrogen and oxygen atoms in total. The third kappa shape index (κ3) is 6.40. The Bertz CT molecular complexity index is 1610.